The van der Waals surface area contributed by atoms with Crippen molar-refractivity contribution in [1.82, 2.24) is 4.90 Å². The second kappa shape index (κ2) is 5.76. The van der Waals surface area contributed by atoms with Crippen molar-refractivity contribution in [1.29, 1.82) is 0 Å². The molecule has 0 spiro atoms. The Morgan fingerprint density at radius 2 is 1.82 bits per heavy atom. The molecule has 0 aromatic heterocycles. The van der Waals surface area contributed by atoms with Crippen molar-refractivity contribution in [3.05, 3.63) is 70.8 Å². The molecule has 22 heavy (non-hydrogen) atoms. The maximum Gasteiger partial charge on any atom is 0.416 e. The first-order valence-electron chi connectivity index (χ1n) is 7.36. The van der Waals surface area contributed by atoms with Crippen LogP contribution in [0.3, 0.4) is 0 Å². The Labute approximate surface area is 128 Å². The van der Waals surface area contributed by atoms with Gasteiger partial charge in [0.25, 0.3) is 0 Å². The summed E-state index contributed by atoms with van der Waals surface area (Å²) in [6, 6.07) is 8.19. The number of nitrogens with zero attached hydrogens (tertiary/aromatic N) is 1. The van der Waals surface area contributed by atoms with Crippen LogP contribution in [0, 0.1) is 5.92 Å². The Morgan fingerprint density at radius 1 is 1.09 bits per heavy atom. The molecule has 4 heteroatoms. The molecule has 3 rings (SSSR count). The second-order valence-corrected chi connectivity index (χ2v) is 5.93. The Kier molecular flexibility index (Phi) is 3.96. The summed E-state index contributed by atoms with van der Waals surface area (Å²) in [6.45, 7) is 1.34. The van der Waals surface area contributed by atoms with Gasteiger partial charge >= 0.3 is 6.18 Å². The van der Waals surface area contributed by atoms with Crippen LogP contribution in [-0.2, 0) is 13.0 Å². The molecule has 0 N–H and O–H groups in total. The van der Waals surface area contributed by atoms with Crippen LogP contribution in [0.25, 0.3) is 0 Å². The van der Waals surface area contributed by atoms with Crippen molar-refractivity contribution >= 4 is 0 Å². The zero-order valence-corrected chi connectivity index (χ0v) is 12.4. The van der Waals surface area contributed by atoms with Crippen LogP contribution in [0.15, 0.2) is 59.7 Å². The van der Waals surface area contributed by atoms with Gasteiger partial charge in [-0.25, -0.2) is 0 Å². The van der Waals surface area contributed by atoms with Crippen molar-refractivity contribution in [2.24, 2.45) is 5.92 Å². The maximum absolute atomic E-state index is 12.9. The number of rotatable bonds is 0. The maximum atomic E-state index is 12.9. The lowest BCUT2D eigenvalue weighted by molar-refractivity contribution is -0.0888. The lowest BCUT2D eigenvalue weighted by Crippen LogP contribution is -2.27. The van der Waals surface area contributed by atoms with E-state index >= 15 is 0 Å². The summed E-state index contributed by atoms with van der Waals surface area (Å²) >= 11 is 0. The molecular weight excluding hydrogens is 287 g/mol. The minimum Gasteiger partial charge on any atom is -0.301 e. The molecule has 116 valence electrons. The van der Waals surface area contributed by atoms with Gasteiger partial charge in [0.05, 0.1) is 5.57 Å². The van der Waals surface area contributed by atoms with Gasteiger partial charge in [-0.15, -0.1) is 0 Å². The molecule has 1 aliphatic carbocycles. The van der Waals surface area contributed by atoms with Crippen molar-refractivity contribution in [2.45, 2.75) is 19.1 Å². The van der Waals surface area contributed by atoms with Gasteiger partial charge in [0.15, 0.2) is 0 Å². The van der Waals surface area contributed by atoms with Crippen LogP contribution >= 0.6 is 0 Å². The molecule has 1 heterocycles. The minimum absolute atomic E-state index is 0.207. The number of hydrogen-bond donors (Lipinski definition) is 0. The fourth-order valence-electron chi connectivity index (χ4n) is 3.07. The van der Waals surface area contributed by atoms with E-state index in [1.807, 2.05) is 19.2 Å². The van der Waals surface area contributed by atoms with E-state index in [-0.39, 0.29) is 5.92 Å². The smallest absolute Gasteiger partial charge is 0.301 e. The molecule has 0 fully saturated rings. The molecule has 1 aromatic rings. The van der Waals surface area contributed by atoms with Crippen molar-refractivity contribution in [3.8, 4) is 0 Å². The summed E-state index contributed by atoms with van der Waals surface area (Å²) in [6.07, 6.45) is 2.71. The average Bonchev–Trinajstić information content (AvgIpc) is 2.52. The largest absolute Gasteiger partial charge is 0.416 e. The normalized spacial score (nSPS) is 25.0. The summed E-state index contributed by atoms with van der Waals surface area (Å²) < 4.78 is 38.8. The first kappa shape index (κ1) is 15.1. The summed E-state index contributed by atoms with van der Waals surface area (Å²) in [5.41, 5.74) is 2.90. The van der Waals surface area contributed by atoms with E-state index in [0.29, 0.717) is 6.54 Å². The Hall–Kier alpha value is -1.81. The number of alkyl halides is 3. The monoisotopic (exact) mass is 305 g/mol. The summed E-state index contributed by atoms with van der Waals surface area (Å²) in [4.78, 5) is 2.09. The van der Waals surface area contributed by atoms with Gasteiger partial charge in [0.2, 0.25) is 0 Å². The van der Waals surface area contributed by atoms with Gasteiger partial charge in [0.1, 0.15) is 0 Å². The summed E-state index contributed by atoms with van der Waals surface area (Å²) in [5, 5.41) is 0. The highest BCUT2D eigenvalue weighted by Crippen LogP contribution is 2.34. The third kappa shape index (κ3) is 3.17. The number of halogens is 3. The molecule has 1 atom stereocenters. The molecule has 1 unspecified atom stereocenters. The molecule has 1 nitrogen and oxygen atoms in total. The number of hydrogen-bond acceptors (Lipinski definition) is 1. The lowest BCUT2D eigenvalue weighted by Gasteiger charge is -2.25. The predicted octanol–water partition coefficient (Wildman–Crippen LogP) is 4.28. The highest BCUT2D eigenvalue weighted by Gasteiger charge is 2.34. The van der Waals surface area contributed by atoms with E-state index < -0.39 is 11.7 Å². The van der Waals surface area contributed by atoms with Gasteiger partial charge in [-0.2, -0.15) is 13.2 Å². The van der Waals surface area contributed by atoms with Crippen LogP contribution in [0.5, 0.6) is 0 Å². The fraction of sp³-hybridized carbons (Fsp3) is 0.333. The molecule has 1 aromatic carbocycles. The van der Waals surface area contributed by atoms with E-state index in [1.165, 1.54) is 23.3 Å². The molecular formula is C18H18F3N. The SMILES string of the molecule is CN1Cc2ccccc2C/C=C2/C=CC(C(F)(F)F)=CC2C1. The Balaban J connectivity index is 1.94. The van der Waals surface area contributed by atoms with Gasteiger partial charge in [-0.1, -0.05) is 48.6 Å². The van der Waals surface area contributed by atoms with Gasteiger partial charge in [-0.3, -0.25) is 0 Å². The first-order chi connectivity index (χ1) is 10.4. The fourth-order valence-corrected chi connectivity index (χ4v) is 3.07. The van der Waals surface area contributed by atoms with Gasteiger partial charge in [0, 0.05) is 19.0 Å². The molecule has 2 aliphatic rings. The molecule has 0 saturated heterocycles. The highest BCUT2D eigenvalue weighted by molar-refractivity contribution is 5.42. The van der Waals surface area contributed by atoms with Crippen LogP contribution in [0.4, 0.5) is 13.2 Å². The zero-order chi connectivity index (χ0) is 15.7. The van der Waals surface area contributed by atoms with E-state index in [0.717, 1.165) is 18.5 Å². The lowest BCUT2D eigenvalue weighted by atomic mass is 9.89. The second-order valence-electron chi connectivity index (χ2n) is 5.93. The van der Waals surface area contributed by atoms with Crippen LogP contribution in [-0.4, -0.2) is 24.7 Å². The Bertz CT molecular complexity index is 653. The summed E-state index contributed by atoms with van der Waals surface area (Å²) in [5.74, 6) is -0.207. The van der Waals surface area contributed by atoms with E-state index in [1.54, 1.807) is 6.08 Å². The van der Waals surface area contributed by atoms with E-state index in [2.05, 4.69) is 23.1 Å². The van der Waals surface area contributed by atoms with E-state index in [4.69, 9.17) is 0 Å². The van der Waals surface area contributed by atoms with Crippen molar-refractivity contribution in [2.75, 3.05) is 13.6 Å². The van der Waals surface area contributed by atoms with Crippen LogP contribution in [0.2, 0.25) is 0 Å². The molecule has 0 bridgehead atoms. The molecule has 0 amide bonds. The van der Waals surface area contributed by atoms with Crippen LogP contribution < -0.4 is 0 Å². The minimum atomic E-state index is -4.28. The molecule has 0 radical (unpaired) electrons. The third-order valence-corrected chi connectivity index (χ3v) is 4.22. The predicted molar refractivity (Wildman–Crippen MR) is 81.3 cm³/mol. The van der Waals surface area contributed by atoms with E-state index in [9.17, 15) is 13.2 Å². The first-order valence-corrected chi connectivity index (χ1v) is 7.36. The third-order valence-electron chi connectivity index (χ3n) is 4.22. The van der Waals surface area contributed by atoms with Gasteiger partial charge < -0.3 is 4.90 Å². The average molecular weight is 305 g/mol. The standard InChI is InChI=1S/C18H18F3N/c1-22-11-15-5-3-2-4-13(15)6-7-14-8-9-17(18(19,20)21)10-16(14)12-22/h2-5,7-10,16H,6,11-12H2,1H3/b14-7-. The summed E-state index contributed by atoms with van der Waals surface area (Å²) in [7, 11) is 1.96. The molecule has 1 aliphatic heterocycles. The molecule has 0 saturated carbocycles. The van der Waals surface area contributed by atoms with Crippen LogP contribution in [0.1, 0.15) is 11.1 Å². The van der Waals surface area contributed by atoms with Crippen molar-refractivity contribution < 1.29 is 13.2 Å². The quantitative estimate of drug-likeness (QED) is 0.691. The number of fused-ring (bicyclic) bond motifs is 2. The van der Waals surface area contributed by atoms with Crippen molar-refractivity contribution in [3.63, 3.8) is 0 Å². The Morgan fingerprint density at radius 3 is 2.55 bits per heavy atom. The number of benzene rings is 1. The highest BCUT2D eigenvalue weighted by atomic mass is 19.4. The zero-order valence-electron chi connectivity index (χ0n) is 12.4. The topological polar surface area (TPSA) is 3.24 Å². The van der Waals surface area contributed by atoms with Gasteiger partial charge in [-0.05, 0) is 30.2 Å². The number of allylic oxidation sites excluding steroid dienone is 4.